The maximum atomic E-state index is 12.2. The number of aromatic nitrogens is 1. The number of hydrogen-bond donors (Lipinski definition) is 1. The highest BCUT2D eigenvalue weighted by molar-refractivity contribution is 7.80. The molecule has 2 N–H and O–H groups in total. The van der Waals surface area contributed by atoms with Crippen molar-refractivity contribution >= 4 is 23.1 Å². The second-order valence-corrected chi connectivity index (χ2v) is 5.28. The molecule has 5 nitrogen and oxygen atoms in total. The van der Waals surface area contributed by atoms with Gasteiger partial charge in [0.25, 0.3) is 0 Å². The Kier molecular flexibility index (Phi) is 7.11. The van der Waals surface area contributed by atoms with Gasteiger partial charge in [-0.3, -0.25) is 9.78 Å². The van der Waals surface area contributed by atoms with Crippen LogP contribution in [0.15, 0.2) is 24.5 Å². The first-order chi connectivity index (χ1) is 9.49. The van der Waals surface area contributed by atoms with Gasteiger partial charge in [-0.15, -0.1) is 0 Å². The van der Waals surface area contributed by atoms with Crippen molar-refractivity contribution in [2.45, 2.75) is 32.9 Å². The predicted molar refractivity (Wildman–Crippen MR) is 82.1 cm³/mol. The summed E-state index contributed by atoms with van der Waals surface area (Å²) in [5.74, 6) is -0.0706. The van der Waals surface area contributed by atoms with E-state index in [1.54, 1.807) is 17.3 Å². The third kappa shape index (κ3) is 6.58. The van der Waals surface area contributed by atoms with Gasteiger partial charge in [0.05, 0.1) is 11.1 Å². The first kappa shape index (κ1) is 16.5. The largest absolute Gasteiger partial charge is 0.393 e. The highest BCUT2D eigenvalue weighted by atomic mass is 32.1. The number of thiocarbonyl (C=S) groups is 1. The molecule has 0 saturated carbocycles. The highest BCUT2D eigenvalue weighted by Gasteiger charge is 2.15. The topological polar surface area (TPSA) is 68.5 Å². The summed E-state index contributed by atoms with van der Waals surface area (Å²) in [5, 5.41) is 0. The molecule has 1 aromatic rings. The van der Waals surface area contributed by atoms with Gasteiger partial charge in [0.1, 0.15) is 6.61 Å². The molecule has 20 heavy (non-hydrogen) atoms. The molecule has 1 aromatic heterocycles. The molecule has 6 heteroatoms. The SMILES string of the molecule is CC(C)OCC(=O)N(CCC(N)=S)Cc1cccnc1. The highest BCUT2D eigenvalue weighted by Crippen LogP contribution is 2.05. The van der Waals surface area contributed by atoms with E-state index in [0.717, 1.165) is 5.56 Å². The summed E-state index contributed by atoms with van der Waals surface area (Å²) in [6, 6.07) is 3.77. The van der Waals surface area contributed by atoms with Crippen LogP contribution in [0.3, 0.4) is 0 Å². The van der Waals surface area contributed by atoms with Gasteiger partial charge >= 0.3 is 0 Å². The molecular formula is C14H21N3O2S. The van der Waals surface area contributed by atoms with E-state index in [9.17, 15) is 4.79 Å². The van der Waals surface area contributed by atoms with Crippen molar-refractivity contribution in [2.75, 3.05) is 13.2 Å². The van der Waals surface area contributed by atoms with Crippen LogP contribution >= 0.6 is 12.2 Å². The summed E-state index contributed by atoms with van der Waals surface area (Å²) in [7, 11) is 0. The monoisotopic (exact) mass is 295 g/mol. The van der Waals surface area contributed by atoms with Crippen LogP contribution < -0.4 is 5.73 Å². The zero-order valence-electron chi connectivity index (χ0n) is 11.9. The number of carbonyl (C=O) groups excluding carboxylic acids is 1. The van der Waals surface area contributed by atoms with Crippen LogP contribution in [0.1, 0.15) is 25.8 Å². The number of pyridine rings is 1. The fourth-order valence-corrected chi connectivity index (χ4v) is 1.67. The van der Waals surface area contributed by atoms with E-state index in [2.05, 4.69) is 4.98 Å². The second-order valence-electron chi connectivity index (χ2n) is 4.75. The van der Waals surface area contributed by atoms with Crippen LogP contribution in [0.5, 0.6) is 0 Å². The number of nitrogens with zero attached hydrogens (tertiary/aromatic N) is 2. The van der Waals surface area contributed by atoms with E-state index in [-0.39, 0.29) is 18.6 Å². The molecule has 0 spiro atoms. The molecule has 1 rings (SSSR count). The van der Waals surface area contributed by atoms with Crippen LogP contribution in [-0.2, 0) is 16.1 Å². The fraction of sp³-hybridized carbons (Fsp3) is 0.500. The third-order valence-electron chi connectivity index (χ3n) is 2.62. The average molecular weight is 295 g/mol. The molecule has 0 aromatic carbocycles. The lowest BCUT2D eigenvalue weighted by molar-refractivity contribution is -0.138. The minimum atomic E-state index is -0.0706. The Balaban J connectivity index is 2.63. The quantitative estimate of drug-likeness (QED) is 0.736. The van der Waals surface area contributed by atoms with Crippen molar-refractivity contribution in [1.82, 2.24) is 9.88 Å². The lowest BCUT2D eigenvalue weighted by Crippen LogP contribution is -2.36. The molecule has 0 fully saturated rings. The summed E-state index contributed by atoms with van der Waals surface area (Å²) < 4.78 is 5.36. The summed E-state index contributed by atoms with van der Waals surface area (Å²) in [6.07, 6.45) is 3.97. The smallest absolute Gasteiger partial charge is 0.248 e. The van der Waals surface area contributed by atoms with Gasteiger partial charge in [0.15, 0.2) is 0 Å². The van der Waals surface area contributed by atoms with E-state index in [1.807, 2.05) is 26.0 Å². The van der Waals surface area contributed by atoms with Gasteiger partial charge in [0.2, 0.25) is 5.91 Å². The minimum absolute atomic E-state index is 0.0229. The molecule has 0 bridgehead atoms. The number of nitrogens with two attached hydrogens (primary N) is 1. The molecule has 0 aliphatic heterocycles. The summed E-state index contributed by atoms with van der Waals surface area (Å²) >= 11 is 4.87. The van der Waals surface area contributed by atoms with E-state index >= 15 is 0 Å². The molecular weight excluding hydrogens is 274 g/mol. The number of rotatable bonds is 8. The van der Waals surface area contributed by atoms with Crippen molar-refractivity contribution in [3.63, 3.8) is 0 Å². The summed E-state index contributed by atoms with van der Waals surface area (Å²) in [4.78, 5) is 18.3. The van der Waals surface area contributed by atoms with Crippen LogP contribution in [0.25, 0.3) is 0 Å². The van der Waals surface area contributed by atoms with Gasteiger partial charge in [-0.2, -0.15) is 0 Å². The predicted octanol–water partition coefficient (Wildman–Crippen LogP) is 1.51. The molecule has 0 radical (unpaired) electrons. The van der Waals surface area contributed by atoms with Crippen molar-refractivity contribution in [3.8, 4) is 0 Å². The summed E-state index contributed by atoms with van der Waals surface area (Å²) in [5.41, 5.74) is 6.47. The van der Waals surface area contributed by atoms with Gasteiger partial charge in [-0.05, 0) is 25.5 Å². The Morgan fingerprint density at radius 3 is 2.85 bits per heavy atom. The molecule has 0 saturated heterocycles. The Hall–Kier alpha value is -1.53. The summed E-state index contributed by atoms with van der Waals surface area (Å²) in [6.45, 7) is 4.83. The van der Waals surface area contributed by atoms with Gasteiger partial charge in [-0.25, -0.2) is 0 Å². The maximum Gasteiger partial charge on any atom is 0.248 e. The molecule has 0 unspecified atom stereocenters. The lowest BCUT2D eigenvalue weighted by Gasteiger charge is -2.23. The van der Waals surface area contributed by atoms with Crippen LogP contribution in [0, 0.1) is 0 Å². The van der Waals surface area contributed by atoms with Gasteiger partial charge in [-0.1, -0.05) is 18.3 Å². The normalized spacial score (nSPS) is 10.6. The van der Waals surface area contributed by atoms with Gasteiger partial charge in [0, 0.05) is 31.9 Å². The zero-order chi connectivity index (χ0) is 15.0. The lowest BCUT2D eigenvalue weighted by atomic mass is 10.2. The third-order valence-corrected chi connectivity index (χ3v) is 2.82. The van der Waals surface area contributed by atoms with E-state index in [1.165, 1.54) is 0 Å². The maximum absolute atomic E-state index is 12.2. The average Bonchev–Trinajstić information content (AvgIpc) is 2.41. The first-order valence-corrected chi connectivity index (χ1v) is 6.96. The van der Waals surface area contributed by atoms with Crippen LogP contribution in [-0.4, -0.2) is 40.0 Å². The number of hydrogen-bond acceptors (Lipinski definition) is 4. The minimum Gasteiger partial charge on any atom is -0.393 e. The van der Waals surface area contributed by atoms with Gasteiger partial charge < -0.3 is 15.4 Å². The molecule has 1 amide bonds. The van der Waals surface area contributed by atoms with Crippen molar-refractivity contribution in [2.24, 2.45) is 5.73 Å². The van der Waals surface area contributed by atoms with E-state index in [4.69, 9.17) is 22.7 Å². The van der Waals surface area contributed by atoms with E-state index < -0.39 is 0 Å². The molecule has 1 heterocycles. The molecule has 0 atom stereocenters. The second kappa shape index (κ2) is 8.60. The fourth-order valence-electron chi connectivity index (χ4n) is 1.58. The standard InChI is InChI=1S/C14H21N3O2S/c1-11(2)19-10-14(18)17(7-5-13(15)20)9-12-4-3-6-16-8-12/h3-4,6,8,11H,5,7,9-10H2,1-2H3,(H2,15,20). The Morgan fingerprint density at radius 1 is 1.55 bits per heavy atom. The number of ether oxygens (including phenoxy) is 1. The molecule has 0 aliphatic rings. The van der Waals surface area contributed by atoms with Crippen molar-refractivity contribution in [3.05, 3.63) is 30.1 Å². The molecule has 110 valence electrons. The Bertz CT molecular complexity index is 437. The Morgan fingerprint density at radius 2 is 2.30 bits per heavy atom. The van der Waals surface area contributed by atoms with Crippen LogP contribution in [0.4, 0.5) is 0 Å². The number of amides is 1. The van der Waals surface area contributed by atoms with Crippen molar-refractivity contribution < 1.29 is 9.53 Å². The van der Waals surface area contributed by atoms with Crippen molar-refractivity contribution in [1.29, 1.82) is 0 Å². The Labute approximate surface area is 125 Å². The molecule has 0 aliphatic carbocycles. The van der Waals surface area contributed by atoms with E-state index in [0.29, 0.717) is 24.5 Å². The van der Waals surface area contributed by atoms with Crippen LogP contribution in [0.2, 0.25) is 0 Å². The zero-order valence-corrected chi connectivity index (χ0v) is 12.7. The first-order valence-electron chi connectivity index (χ1n) is 6.55. The number of carbonyl (C=O) groups is 1.